The van der Waals surface area contributed by atoms with Crippen LogP contribution < -0.4 is 17.2 Å². The van der Waals surface area contributed by atoms with Gasteiger partial charge in [0, 0.05) is 13.0 Å². The Morgan fingerprint density at radius 3 is 2.00 bits per heavy atom. The number of unbranched alkanes of at least 4 members (excludes halogenated alkanes) is 8. The average Bonchev–Trinajstić information content (AvgIpc) is 2.56. The number of hydrogen-bond donors (Lipinski definition) is 3. The van der Waals surface area contributed by atoms with Gasteiger partial charge in [-0.15, -0.1) is 12.4 Å². The maximum Gasteiger partial charge on any atom is 0.330 e. The lowest BCUT2D eigenvalue weighted by atomic mass is 10.1. The van der Waals surface area contributed by atoms with Gasteiger partial charge in [-0.05, 0) is 19.3 Å². The number of nitrogens with zero attached hydrogens (tertiary/aromatic N) is 1. The van der Waals surface area contributed by atoms with E-state index in [2.05, 4.69) is 11.9 Å². The van der Waals surface area contributed by atoms with E-state index in [-0.39, 0.29) is 24.8 Å². The lowest BCUT2D eigenvalue weighted by molar-refractivity contribution is -0.160. The molecule has 1 atom stereocenters. The van der Waals surface area contributed by atoms with Gasteiger partial charge in [0.25, 0.3) is 0 Å². The SMILES string of the molecule is CCCCCCCCCCCC(=O)OC(=O)C(N)CCCN=C(N)N.Cl. The van der Waals surface area contributed by atoms with Crippen molar-refractivity contribution in [1.29, 1.82) is 0 Å². The van der Waals surface area contributed by atoms with Crippen LogP contribution in [0.3, 0.4) is 0 Å². The average molecular weight is 393 g/mol. The normalized spacial score (nSPS) is 11.3. The second-order valence-electron chi connectivity index (χ2n) is 6.43. The van der Waals surface area contributed by atoms with E-state index < -0.39 is 18.0 Å². The molecule has 0 rings (SSSR count). The third-order valence-electron chi connectivity index (χ3n) is 3.97. The second kappa shape index (κ2) is 18.5. The molecule has 0 aromatic rings. The number of nitrogens with two attached hydrogens (primary N) is 3. The van der Waals surface area contributed by atoms with Crippen molar-refractivity contribution in [2.45, 2.75) is 90.0 Å². The Morgan fingerprint density at radius 1 is 0.923 bits per heavy atom. The molecule has 0 spiro atoms. The first-order valence-corrected chi connectivity index (χ1v) is 9.52. The van der Waals surface area contributed by atoms with Crippen molar-refractivity contribution >= 4 is 30.3 Å². The van der Waals surface area contributed by atoms with Crippen LogP contribution in [0.5, 0.6) is 0 Å². The fourth-order valence-corrected chi connectivity index (χ4v) is 2.46. The minimum atomic E-state index is -0.818. The van der Waals surface area contributed by atoms with E-state index in [1.807, 2.05) is 0 Å². The number of aliphatic imine (C=N–C) groups is 1. The van der Waals surface area contributed by atoms with Gasteiger partial charge in [0.2, 0.25) is 0 Å². The van der Waals surface area contributed by atoms with Crippen molar-refractivity contribution < 1.29 is 14.3 Å². The molecule has 6 N–H and O–H groups in total. The molecule has 1 unspecified atom stereocenters. The summed E-state index contributed by atoms with van der Waals surface area (Å²) in [6, 6.07) is -0.818. The summed E-state index contributed by atoms with van der Waals surface area (Å²) in [5.41, 5.74) is 16.1. The highest BCUT2D eigenvalue weighted by Crippen LogP contribution is 2.11. The van der Waals surface area contributed by atoms with Gasteiger partial charge >= 0.3 is 11.9 Å². The van der Waals surface area contributed by atoms with Gasteiger partial charge in [0.05, 0.1) is 0 Å². The molecule has 0 heterocycles. The van der Waals surface area contributed by atoms with Crippen molar-refractivity contribution in [3.05, 3.63) is 0 Å². The van der Waals surface area contributed by atoms with Gasteiger partial charge in [-0.25, -0.2) is 4.79 Å². The maximum atomic E-state index is 11.7. The van der Waals surface area contributed by atoms with Gasteiger partial charge in [-0.2, -0.15) is 0 Å². The fourth-order valence-electron chi connectivity index (χ4n) is 2.46. The summed E-state index contributed by atoms with van der Waals surface area (Å²) in [6.07, 6.45) is 11.7. The summed E-state index contributed by atoms with van der Waals surface area (Å²) in [5, 5.41) is 0. The molecule has 8 heteroatoms. The fraction of sp³-hybridized carbons (Fsp3) is 0.833. The molecular weight excluding hydrogens is 356 g/mol. The second-order valence-corrected chi connectivity index (χ2v) is 6.43. The Morgan fingerprint density at radius 2 is 1.46 bits per heavy atom. The third kappa shape index (κ3) is 17.5. The molecule has 154 valence electrons. The maximum absolute atomic E-state index is 11.7. The molecule has 0 saturated heterocycles. The first kappa shape index (κ1) is 26.9. The highest BCUT2D eigenvalue weighted by atomic mass is 35.5. The number of hydrogen-bond acceptors (Lipinski definition) is 5. The molecule has 0 aliphatic carbocycles. The van der Waals surface area contributed by atoms with Gasteiger partial charge in [-0.3, -0.25) is 9.79 Å². The summed E-state index contributed by atoms with van der Waals surface area (Å²) < 4.78 is 4.77. The van der Waals surface area contributed by atoms with Crippen LogP contribution in [0, 0.1) is 0 Å². The molecule has 7 nitrogen and oxygen atoms in total. The molecular formula is C18H37ClN4O3. The zero-order valence-electron chi connectivity index (χ0n) is 16.1. The molecule has 0 aliphatic heterocycles. The van der Waals surface area contributed by atoms with Crippen LogP contribution >= 0.6 is 12.4 Å². The minimum absolute atomic E-state index is 0. The topological polar surface area (TPSA) is 134 Å². The predicted octanol–water partition coefficient (Wildman–Crippen LogP) is 2.78. The van der Waals surface area contributed by atoms with Crippen molar-refractivity contribution in [2.75, 3.05) is 6.54 Å². The molecule has 0 aromatic heterocycles. The minimum Gasteiger partial charge on any atom is -0.392 e. The molecule has 26 heavy (non-hydrogen) atoms. The number of esters is 2. The van der Waals surface area contributed by atoms with E-state index in [1.54, 1.807) is 0 Å². The number of rotatable bonds is 15. The highest BCUT2D eigenvalue weighted by molar-refractivity contribution is 5.88. The van der Waals surface area contributed by atoms with Gasteiger partial charge in [0.15, 0.2) is 5.96 Å². The largest absolute Gasteiger partial charge is 0.392 e. The van der Waals surface area contributed by atoms with E-state index in [0.29, 0.717) is 19.4 Å². The van der Waals surface area contributed by atoms with Gasteiger partial charge in [-0.1, -0.05) is 58.3 Å². The molecule has 0 bridgehead atoms. The summed E-state index contributed by atoms with van der Waals surface area (Å²) in [5.74, 6) is -1.16. The summed E-state index contributed by atoms with van der Waals surface area (Å²) in [4.78, 5) is 27.1. The predicted molar refractivity (Wildman–Crippen MR) is 108 cm³/mol. The standard InChI is InChI=1S/C18H36N4O3.ClH/c1-2-3-4-5-6-7-8-9-10-13-16(23)25-17(24)15(19)12-11-14-22-18(20)21;/h15H,2-14,19H2,1H3,(H4,20,21,22);1H. The van der Waals surface area contributed by atoms with Gasteiger partial charge < -0.3 is 21.9 Å². The summed E-state index contributed by atoms with van der Waals surface area (Å²) >= 11 is 0. The zero-order chi connectivity index (χ0) is 18.9. The van der Waals surface area contributed by atoms with E-state index >= 15 is 0 Å². The first-order valence-electron chi connectivity index (χ1n) is 9.52. The van der Waals surface area contributed by atoms with E-state index in [9.17, 15) is 9.59 Å². The van der Waals surface area contributed by atoms with Crippen LogP contribution in [0.1, 0.15) is 84.0 Å². The quantitative estimate of drug-likeness (QED) is 0.129. The smallest absolute Gasteiger partial charge is 0.330 e. The van der Waals surface area contributed by atoms with E-state index in [1.165, 1.54) is 38.5 Å². The van der Waals surface area contributed by atoms with Crippen molar-refractivity contribution in [3.63, 3.8) is 0 Å². The molecule has 0 amide bonds. The van der Waals surface area contributed by atoms with Gasteiger partial charge in [0.1, 0.15) is 6.04 Å². The number of carbonyl (C=O) groups excluding carboxylic acids is 2. The number of halogens is 1. The Balaban J connectivity index is 0. The van der Waals surface area contributed by atoms with Crippen LogP contribution in [0.2, 0.25) is 0 Å². The Labute approximate surface area is 163 Å². The summed E-state index contributed by atoms with van der Waals surface area (Å²) in [6.45, 7) is 2.61. The van der Waals surface area contributed by atoms with E-state index in [0.717, 1.165) is 19.3 Å². The molecule has 0 saturated carbocycles. The van der Waals surface area contributed by atoms with Crippen LogP contribution in [-0.2, 0) is 14.3 Å². The Hall–Kier alpha value is -1.34. The lowest BCUT2D eigenvalue weighted by Gasteiger charge is -2.09. The third-order valence-corrected chi connectivity index (χ3v) is 3.97. The monoisotopic (exact) mass is 392 g/mol. The van der Waals surface area contributed by atoms with Crippen LogP contribution in [0.25, 0.3) is 0 Å². The van der Waals surface area contributed by atoms with Crippen LogP contribution in [-0.4, -0.2) is 30.5 Å². The molecule has 0 aliphatic rings. The van der Waals surface area contributed by atoms with Crippen LogP contribution in [0.4, 0.5) is 0 Å². The lowest BCUT2D eigenvalue weighted by Crippen LogP contribution is -2.34. The number of guanidine groups is 1. The van der Waals surface area contributed by atoms with E-state index in [4.69, 9.17) is 21.9 Å². The number of carbonyl (C=O) groups is 2. The molecule has 0 fully saturated rings. The van der Waals surface area contributed by atoms with Crippen molar-refractivity contribution in [3.8, 4) is 0 Å². The zero-order valence-corrected chi connectivity index (χ0v) is 16.9. The summed E-state index contributed by atoms with van der Waals surface area (Å²) in [7, 11) is 0. The number of ether oxygens (including phenoxy) is 1. The first-order chi connectivity index (χ1) is 12.0. The molecule has 0 radical (unpaired) electrons. The van der Waals surface area contributed by atoms with Crippen molar-refractivity contribution in [1.82, 2.24) is 0 Å². The Bertz CT molecular complexity index is 402. The molecule has 0 aromatic carbocycles. The van der Waals surface area contributed by atoms with Crippen molar-refractivity contribution in [2.24, 2.45) is 22.2 Å². The van der Waals surface area contributed by atoms with Crippen LogP contribution in [0.15, 0.2) is 4.99 Å². The highest BCUT2D eigenvalue weighted by Gasteiger charge is 2.18. The Kier molecular flexibility index (Phi) is 19.1.